The first kappa shape index (κ1) is 22.2. The number of carboxylic acids is 1. The Morgan fingerprint density at radius 2 is 1.96 bits per heavy atom. The van der Waals surface area contributed by atoms with E-state index in [1.165, 1.54) is 19.2 Å². The minimum absolute atomic E-state index is 0.0154. The van der Waals surface area contributed by atoms with E-state index in [4.69, 9.17) is 20.3 Å². The summed E-state index contributed by atoms with van der Waals surface area (Å²) < 4.78 is 20.6. The molecule has 0 spiro atoms. The predicted octanol–water partition coefficient (Wildman–Crippen LogP) is 1.35. The zero-order valence-electron chi connectivity index (χ0n) is 15.1. The van der Waals surface area contributed by atoms with Gasteiger partial charge in [-0.15, -0.1) is 0 Å². The third-order valence-corrected chi connectivity index (χ3v) is 3.89. The number of ether oxygens (including phenoxy) is 1. The van der Waals surface area contributed by atoms with Gasteiger partial charge in [-0.25, -0.2) is 14.2 Å². The molecule has 1 aliphatic carbocycles. The fraction of sp³-hybridized carbons (Fsp3) is 0.600. The van der Waals surface area contributed by atoms with E-state index in [-0.39, 0.29) is 18.6 Å². The van der Waals surface area contributed by atoms with Crippen LogP contribution in [0.15, 0.2) is 23.5 Å². The zero-order valence-corrected chi connectivity index (χ0v) is 16.0. The molecule has 1 rings (SSSR count). The molecule has 0 saturated heterocycles. The van der Waals surface area contributed by atoms with E-state index in [1.807, 2.05) is 0 Å². The van der Waals surface area contributed by atoms with Gasteiger partial charge in [0, 0.05) is 13.5 Å². The molecule has 0 aliphatic heterocycles. The Morgan fingerprint density at radius 3 is 2.38 bits per heavy atom. The van der Waals surface area contributed by atoms with Crippen LogP contribution in [0.1, 0.15) is 33.6 Å². The fourth-order valence-electron chi connectivity index (χ4n) is 2.26. The summed E-state index contributed by atoms with van der Waals surface area (Å²) in [6.45, 7) is 5.01. The topological polar surface area (TPSA) is 160 Å². The third kappa shape index (κ3) is 7.17. The summed E-state index contributed by atoms with van der Waals surface area (Å²) in [6.07, 6.45) is 2.12. The number of likely N-dealkylation sites (N-methyl/N-ethyl adjacent to an activating group) is 1. The summed E-state index contributed by atoms with van der Waals surface area (Å²) in [5.41, 5.74) is 5.65. The number of carbonyl (C=O) groups is 2. The first-order chi connectivity index (χ1) is 11.7. The molecule has 0 radical (unpaired) electrons. The molecule has 0 aromatic heterocycles. The summed E-state index contributed by atoms with van der Waals surface area (Å²) >= 11 is 0. The monoisotopic (exact) mass is 392 g/mol. The first-order valence-corrected chi connectivity index (χ1v) is 9.31. The van der Waals surface area contributed by atoms with Crippen LogP contribution in [0.2, 0.25) is 0 Å². The Hall–Kier alpha value is -1.87. The average Bonchev–Trinajstić information content (AvgIpc) is 2.43. The number of allylic oxidation sites excluding steroid dienone is 2. The maximum Gasteiger partial charge on any atom is 0.524 e. The normalized spacial score (nSPS) is 19.1. The number of aliphatic carboxylic acids is 1. The van der Waals surface area contributed by atoms with Gasteiger partial charge in [-0.05, 0) is 33.3 Å². The number of hydrogen-bond acceptors (Lipinski definition) is 6. The smallest absolute Gasteiger partial charge is 0.480 e. The molecular formula is C15H25N2O8P. The lowest BCUT2D eigenvalue weighted by atomic mass is 9.94. The second-order valence-electron chi connectivity index (χ2n) is 6.94. The SMILES string of the molecule is CN(C(=O)OC(C)(C)C)C(CC1=CC=C(OP(=O)(O)O)C(N)C1)C(=O)O. The van der Waals surface area contributed by atoms with Crippen LogP contribution in [0.5, 0.6) is 0 Å². The van der Waals surface area contributed by atoms with Crippen LogP contribution >= 0.6 is 7.82 Å². The Morgan fingerprint density at radius 1 is 1.38 bits per heavy atom. The van der Waals surface area contributed by atoms with E-state index in [1.54, 1.807) is 20.8 Å². The summed E-state index contributed by atoms with van der Waals surface area (Å²) in [5.74, 6) is -1.30. The molecule has 0 aromatic carbocycles. The maximum absolute atomic E-state index is 12.1. The van der Waals surface area contributed by atoms with Crippen LogP contribution in [0, 0.1) is 0 Å². The number of phosphoric ester groups is 1. The molecular weight excluding hydrogens is 367 g/mol. The zero-order chi connectivity index (χ0) is 20.3. The summed E-state index contributed by atoms with van der Waals surface area (Å²) in [7, 11) is -3.40. The molecule has 148 valence electrons. The van der Waals surface area contributed by atoms with Gasteiger partial charge >= 0.3 is 19.9 Å². The molecule has 0 fully saturated rings. The Bertz CT molecular complexity index is 661. The van der Waals surface area contributed by atoms with E-state index in [0.717, 1.165) is 4.90 Å². The minimum atomic E-state index is -4.72. The number of phosphoric acid groups is 1. The molecule has 5 N–H and O–H groups in total. The van der Waals surface area contributed by atoms with Gasteiger partial charge in [0.25, 0.3) is 0 Å². The van der Waals surface area contributed by atoms with Gasteiger partial charge in [0.2, 0.25) is 0 Å². The van der Waals surface area contributed by atoms with Gasteiger partial charge in [-0.1, -0.05) is 11.6 Å². The van der Waals surface area contributed by atoms with Crippen molar-refractivity contribution >= 4 is 19.9 Å². The highest BCUT2D eigenvalue weighted by molar-refractivity contribution is 7.46. The number of hydrogen-bond donors (Lipinski definition) is 4. The van der Waals surface area contributed by atoms with Crippen molar-refractivity contribution in [2.45, 2.75) is 51.3 Å². The Balaban J connectivity index is 2.90. The van der Waals surface area contributed by atoms with E-state index >= 15 is 0 Å². The van der Waals surface area contributed by atoms with E-state index in [2.05, 4.69) is 4.52 Å². The highest BCUT2D eigenvalue weighted by atomic mass is 31.2. The van der Waals surface area contributed by atoms with Crippen molar-refractivity contribution in [3.63, 3.8) is 0 Å². The number of carboxylic acid groups (broad SMARTS) is 1. The van der Waals surface area contributed by atoms with Gasteiger partial charge in [0.1, 0.15) is 17.4 Å². The standard InChI is InChI=1S/C15H25N2O8P/c1-15(2,3)24-14(20)17(4)11(13(18)19)8-9-5-6-12(10(16)7-9)25-26(21,22)23/h5-6,10-11H,7-8,16H2,1-4H3,(H,18,19)(H2,21,22,23). The van der Waals surface area contributed by atoms with Gasteiger partial charge in [-0.3, -0.25) is 14.7 Å². The van der Waals surface area contributed by atoms with Crippen molar-refractivity contribution in [3.05, 3.63) is 23.5 Å². The first-order valence-electron chi connectivity index (χ1n) is 7.78. The van der Waals surface area contributed by atoms with E-state index < -0.39 is 37.6 Å². The number of nitrogens with zero attached hydrogens (tertiary/aromatic N) is 1. The molecule has 0 aromatic rings. The highest BCUT2D eigenvalue weighted by Gasteiger charge is 2.32. The van der Waals surface area contributed by atoms with E-state index in [9.17, 15) is 19.3 Å². The van der Waals surface area contributed by atoms with Crippen LogP contribution in [-0.4, -0.2) is 56.6 Å². The molecule has 2 atom stereocenters. The molecule has 1 aliphatic rings. The lowest BCUT2D eigenvalue weighted by Crippen LogP contribution is -2.45. The quantitative estimate of drug-likeness (QED) is 0.489. The summed E-state index contributed by atoms with van der Waals surface area (Å²) in [6, 6.07) is -2.01. The molecule has 10 nitrogen and oxygen atoms in total. The lowest BCUT2D eigenvalue weighted by molar-refractivity contribution is -0.142. The maximum atomic E-state index is 12.1. The van der Waals surface area contributed by atoms with Crippen LogP contribution in [0.4, 0.5) is 4.79 Å². The van der Waals surface area contributed by atoms with Crippen LogP contribution in [0.25, 0.3) is 0 Å². The molecule has 0 heterocycles. The second-order valence-corrected chi connectivity index (χ2v) is 8.10. The molecule has 26 heavy (non-hydrogen) atoms. The van der Waals surface area contributed by atoms with Gasteiger partial charge in [-0.2, -0.15) is 0 Å². The van der Waals surface area contributed by atoms with Crippen molar-refractivity contribution in [3.8, 4) is 0 Å². The third-order valence-electron chi connectivity index (χ3n) is 3.44. The summed E-state index contributed by atoms with van der Waals surface area (Å²) in [5, 5.41) is 9.44. The molecule has 2 unspecified atom stereocenters. The summed E-state index contributed by atoms with van der Waals surface area (Å²) in [4.78, 5) is 42.3. The molecule has 0 saturated carbocycles. The fourth-order valence-corrected chi connectivity index (χ4v) is 2.73. The van der Waals surface area contributed by atoms with Crippen molar-refractivity contribution in [1.82, 2.24) is 4.90 Å². The number of amides is 1. The van der Waals surface area contributed by atoms with Gasteiger partial charge in [0.05, 0.1) is 6.04 Å². The highest BCUT2D eigenvalue weighted by Crippen LogP contribution is 2.41. The number of nitrogens with two attached hydrogens (primary N) is 1. The largest absolute Gasteiger partial charge is 0.524 e. The Labute approximate surface area is 151 Å². The van der Waals surface area contributed by atoms with Gasteiger partial charge < -0.3 is 20.1 Å². The van der Waals surface area contributed by atoms with Crippen molar-refractivity contribution < 1.29 is 38.3 Å². The molecule has 1 amide bonds. The molecule has 0 bridgehead atoms. The Kier molecular flexibility index (Phi) is 7.01. The average molecular weight is 392 g/mol. The van der Waals surface area contributed by atoms with Crippen molar-refractivity contribution in [2.75, 3.05) is 7.05 Å². The number of rotatable bonds is 6. The van der Waals surface area contributed by atoms with Crippen molar-refractivity contribution in [1.29, 1.82) is 0 Å². The molecule has 11 heteroatoms. The van der Waals surface area contributed by atoms with E-state index in [0.29, 0.717) is 5.57 Å². The van der Waals surface area contributed by atoms with Gasteiger partial charge in [0.15, 0.2) is 0 Å². The van der Waals surface area contributed by atoms with Crippen molar-refractivity contribution in [2.24, 2.45) is 5.73 Å². The predicted molar refractivity (Wildman–Crippen MR) is 91.9 cm³/mol. The minimum Gasteiger partial charge on any atom is -0.480 e. The van der Waals surface area contributed by atoms with Crippen LogP contribution in [0.3, 0.4) is 0 Å². The van der Waals surface area contributed by atoms with Crippen LogP contribution in [-0.2, 0) is 18.6 Å². The van der Waals surface area contributed by atoms with Crippen LogP contribution < -0.4 is 5.73 Å². The second kappa shape index (κ2) is 8.22. The lowest BCUT2D eigenvalue weighted by Gasteiger charge is -2.30. The number of carbonyl (C=O) groups excluding carboxylic acids is 1.